The van der Waals surface area contributed by atoms with Crippen LogP contribution in [0.15, 0.2) is 152 Å². The number of carboxylic acids is 1. The highest BCUT2D eigenvalue weighted by Crippen LogP contribution is 2.43. The molecule has 0 amide bonds. The average molecular weight is 589 g/mol. The fraction of sp³-hybridized carbons (Fsp3) is 0.0541. The molecule has 0 atom stereocenters. The molecule has 0 saturated carbocycles. The Morgan fingerprint density at radius 1 is 0.667 bits per heavy atom. The van der Waals surface area contributed by atoms with Crippen molar-refractivity contribution in [3.05, 3.63) is 180 Å². The smallest absolute Gasteiger partial charge is 0.354 e. The van der Waals surface area contributed by atoms with Gasteiger partial charge in [0, 0.05) is 12.1 Å². The fourth-order valence-electron chi connectivity index (χ4n) is 6.03. The van der Waals surface area contributed by atoms with Crippen molar-refractivity contribution in [3.63, 3.8) is 0 Å². The number of imidazole rings is 1. The zero-order valence-electron chi connectivity index (χ0n) is 24.2. The molecular formula is C37H28N6O2. The molecule has 2 heterocycles. The van der Waals surface area contributed by atoms with Gasteiger partial charge in [-0.15, -0.1) is 5.10 Å². The monoisotopic (exact) mass is 588 g/mol. The van der Waals surface area contributed by atoms with Crippen LogP contribution in [0.1, 0.15) is 32.7 Å². The third-order valence-electron chi connectivity index (χ3n) is 8.08. The van der Waals surface area contributed by atoms with Crippen LogP contribution in [0.25, 0.3) is 22.5 Å². The number of aromatic nitrogens is 6. The van der Waals surface area contributed by atoms with Gasteiger partial charge in [-0.25, -0.2) is 14.5 Å². The first kappa shape index (κ1) is 27.7. The fourth-order valence-corrected chi connectivity index (χ4v) is 6.03. The SMILES string of the molecule is O=C(O)c1cncn1Cc1ccc(-c2ccccc2-c2nnnn2C(c2ccccc2)(c2ccccc2)c2ccccc2)cc1. The molecule has 0 fully saturated rings. The summed E-state index contributed by atoms with van der Waals surface area (Å²) in [5.74, 6) is -0.385. The molecule has 7 rings (SSSR count). The second-order valence-electron chi connectivity index (χ2n) is 10.7. The molecule has 0 unspecified atom stereocenters. The first-order valence-corrected chi connectivity index (χ1v) is 14.5. The Hall–Kier alpha value is -6.15. The number of nitrogens with zero attached hydrogens (tertiary/aromatic N) is 6. The molecule has 0 bridgehead atoms. The topological polar surface area (TPSA) is 98.7 Å². The second-order valence-corrected chi connectivity index (χ2v) is 10.7. The van der Waals surface area contributed by atoms with E-state index in [0.29, 0.717) is 12.4 Å². The number of carboxylic acid groups (broad SMARTS) is 1. The lowest BCUT2D eigenvalue weighted by Gasteiger charge is -2.36. The summed E-state index contributed by atoms with van der Waals surface area (Å²) in [6, 6.07) is 47.2. The van der Waals surface area contributed by atoms with E-state index in [2.05, 4.69) is 57.8 Å². The molecule has 1 N–H and O–H groups in total. The standard InChI is InChI=1S/C37H28N6O2/c44-36(45)34-24-38-26-42(34)25-27-20-22-28(23-21-27)32-18-10-11-19-33(32)35-39-40-41-43(35)37(29-12-4-1-5-13-29,30-14-6-2-7-15-30)31-16-8-3-9-17-31/h1-24,26H,25H2,(H,44,45). The molecule has 0 aliphatic carbocycles. The number of hydrogen-bond acceptors (Lipinski definition) is 5. The molecule has 0 aliphatic rings. The van der Waals surface area contributed by atoms with Crippen molar-refractivity contribution >= 4 is 5.97 Å². The predicted octanol–water partition coefficient (Wildman–Crippen LogP) is 6.79. The molecule has 2 aromatic heterocycles. The first-order chi connectivity index (χ1) is 22.2. The summed E-state index contributed by atoms with van der Waals surface area (Å²) < 4.78 is 3.56. The van der Waals surface area contributed by atoms with Gasteiger partial charge in [-0.2, -0.15) is 0 Å². The maximum atomic E-state index is 11.6. The number of benzene rings is 5. The minimum absolute atomic E-state index is 0.148. The van der Waals surface area contributed by atoms with Crippen LogP contribution in [-0.4, -0.2) is 40.8 Å². The van der Waals surface area contributed by atoms with E-state index in [1.54, 1.807) is 4.57 Å². The van der Waals surface area contributed by atoms with Gasteiger partial charge >= 0.3 is 5.97 Å². The van der Waals surface area contributed by atoms with Crippen LogP contribution in [0.4, 0.5) is 0 Å². The van der Waals surface area contributed by atoms with Crippen molar-refractivity contribution in [1.82, 2.24) is 29.8 Å². The van der Waals surface area contributed by atoms with Gasteiger partial charge in [0.05, 0.1) is 12.5 Å². The molecule has 45 heavy (non-hydrogen) atoms. The lowest BCUT2D eigenvalue weighted by atomic mass is 9.77. The number of carbonyl (C=O) groups is 1. The Morgan fingerprint density at radius 3 is 1.76 bits per heavy atom. The largest absolute Gasteiger partial charge is 0.477 e. The van der Waals surface area contributed by atoms with Crippen molar-refractivity contribution in [2.75, 3.05) is 0 Å². The summed E-state index contributed by atoms with van der Waals surface area (Å²) in [6.07, 6.45) is 2.89. The van der Waals surface area contributed by atoms with Gasteiger partial charge in [0.15, 0.2) is 5.82 Å². The second kappa shape index (κ2) is 11.9. The quantitative estimate of drug-likeness (QED) is 0.187. The minimum Gasteiger partial charge on any atom is -0.477 e. The van der Waals surface area contributed by atoms with Gasteiger partial charge in [-0.05, 0) is 43.8 Å². The molecule has 8 nitrogen and oxygen atoms in total. The van der Waals surface area contributed by atoms with E-state index in [-0.39, 0.29) is 5.69 Å². The molecular weight excluding hydrogens is 560 g/mol. The highest BCUT2D eigenvalue weighted by Gasteiger charge is 2.42. The highest BCUT2D eigenvalue weighted by molar-refractivity contribution is 5.85. The van der Waals surface area contributed by atoms with Crippen LogP contribution >= 0.6 is 0 Å². The highest BCUT2D eigenvalue weighted by atomic mass is 16.4. The van der Waals surface area contributed by atoms with Gasteiger partial charge in [-0.1, -0.05) is 140 Å². The number of rotatable bonds is 9. The molecule has 0 aliphatic heterocycles. The van der Waals surface area contributed by atoms with E-state index < -0.39 is 11.5 Å². The molecule has 0 spiro atoms. The number of aromatic carboxylic acids is 1. The molecule has 8 heteroatoms. The van der Waals surface area contributed by atoms with Crippen molar-refractivity contribution < 1.29 is 9.90 Å². The maximum Gasteiger partial charge on any atom is 0.354 e. The van der Waals surface area contributed by atoms with E-state index >= 15 is 0 Å². The third-order valence-corrected chi connectivity index (χ3v) is 8.08. The van der Waals surface area contributed by atoms with Crippen molar-refractivity contribution in [2.45, 2.75) is 12.1 Å². The molecule has 0 radical (unpaired) electrons. The van der Waals surface area contributed by atoms with Crippen LogP contribution in [0.2, 0.25) is 0 Å². The lowest BCUT2D eigenvalue weighted by Crippen LogP contribution is -2.39. The van der Waals surface area contributed by atoms with Gasteiger partial charge in [0.2, 0.25) is 0 Å². The first-order valence-electron chi connectivity index (χ1n) is 14.5. The Morgan fingerprint density at radius 2 is 1.20 bits per heavy atom. The van der Waals surface area contributed by atoms with Crippen LogP contribution in [-0.2, 0) is 12.1 Å². The Balaban J connectivity index is 1.38. The zero-order chi connectivity index (χ0) is 30.6. The molecule has 7 aromatic rings. The molecule has 5 aromatic carbocycles. The van der Waals surface area contributed by atoms with Crippen molar-refractivity contribution in [1.29, 1.82) is 0 Å². The van der Waals surface area contributed by atoms with E-state index in [4.69, 9.17) is 5.21 Å². The summed E-state index contributed by atoms with van der Waals surface area (Å²) in [5, 5.41) is 23.1. The summed E-state index contributed by atoms with van der Waals surface area (Å²) >= 11 is 0. The molecule has 218 valence electrons. The average Bonchev–Trinajstić information content (AvgIpc) is 3.78. The van der Waals surface area contributed by atoms with Gasteiger partial charge in [-0.3, -0.25) is 0 Å². The zero-order valence-corrected chi connectivity index (χ0v) is 24.2. The van der Waals surface area contributed by atoms with E-state index in [9.17, 15) is 9.90 Å². The predicted molar refractivity (Wildman–Crippen MR) is 172 cm³/mol. The van der Waals surface area contributed by atoms with Crippen LogP contribution in [0.5, 0.6) is 0 Å². The summed E-state index contributed by atoms with van der Waals surface area (Å²) in [4.78, 5) is 15.6. The van der Waals surface area contributed by atoms with Crippen LogP contribution in [0.3, 0.4) is 0 Å². The Bertz CT molecular complexity index is 1960. The van der Waals surface area contributed by atoms with Crippen LogP contribution < -0.4 is 0 Å². The lowest BCUT2D eigenvalue weighted by molar-refractivity contribution is 0.0685. The third kappa shape index (κ3) is 4.98. The Kier molecular flexibility index (Phi) is 7.29. The number of tetrazole rings is 1. The summed E-state index contributed by atoms with van der Waals surface area (Å²) in [5.41, 5.74) is 6.15. The van der Waals surface area contributed by atoms with Crippen molar-refractivity contribution in [2.24, 2.45) is 0 Å². The maximum absolute atomic E-state index is 11.6. The van der Waals surface area contributed by atoms with Crippen molar-refractivity contribution in [3.8, 4) is 22.5 Å². The van der Waals surface area contributed by atoms with Gasteiger partial charge in [0.1, 0.15) is 11.2 Å². The van der Waals surface area contributed by atoms with E-state index in [1.165, 1.54) is 12.5 Å². The normalized spacial score (nSPS) is 11.4. The van der Waals surface area contributed by atoms with Gasteiger partial charge < -0.3 is 9.67 Å². The van der Waals surface area contributed by atoms with E-state index in [0.717, 1.165) is 38.9 Å². The molecule has 0 saturated heterocycles. The van der Waals surface area contributed by atoms with Gasteiger partial charge in [0.25, 0.3) is 0 Å². The minimum atomic E-state index is -1.01. The Labute approximate surface area is 259 Å². The summed E-state index contributed by atoms with van der Waals surface area (Å²) in [7, 11) is 0. The summed E-state index contributed by atoms with van der Waals surface area (Å²) in [6.45, 7) is 0.398. The number of hydrogen-bond donors (Lipinski definition) is 1. The van der Waals surface area contributed by atoms with Crippen LogP contribution in [0, 0.1) is 0 Å². The van der Waals surface area contributed by atoms with E-state index in [1.807, 2.05) is 102 Å².